The standard InChI is InChI=1S/C59H91NO15Si2.C44H57NO15/c1-20-76(21-2,22-3)74-42-31-43-58(33-67-43,70-38(11)61)48-50(69-51(62)39-27-24-23-25-28-39)59(65)32-41(37(10)44(55(59,15)16)46-49(57(42,48)19)72-56(17,18)71-46)68-52(63)47(75-77(34(4)5,35(6)7)36(8)9)45(40-29-26-30-66-40)60-53(64)73-54(12,13)14;1-22-26(55-37(50)31(48)30(25-17-14-18-53-25)45-38(51)60-39(3,4)5)20-44(52)35(56-36(49)24-15-12-11-13-16-24)33-42(10,27(47)19-28-43(33,21-54-28)57-23(2)46)34-32(29(22)40(44,6)7)58-41(8,9)59-34/h23-30,34-36,41-43,45-50,65H,20-22,31-33H2,1-19H3,(H,60,64);11-18,26-28,30-35,47-48,52H,19-21H2,1-10H3,(H,45,51)/t41-,42-,43+,45-,46+,47+,48-,49+,50-,57+,58-,59+;26-,27-,28+,30-,31+,32+,33-,34+,35-,42+,43-,44+/m00/s1. The minimum atomic E-state index is -3.02. The van der Waals surface area contributed by atoms with Crippen molar-refractivity contribution in [2.75, 3.05) is 13.2 Å². The Balaban J connectivity index is 0.000000238. The van der Waals surface area contributed by atoms with Gasteiger partial charge in [0, 0.05) is 61.2 Å². The van der Waals surface area contributed by atoms with E-state index in [4.69, 9.17) is 84.0 Å². The molecule has 6 heterocycles. The number of ether oxygens (including phenoxy) is 14. The number of fused-ring (bicyclic) bond motifs is 16. The van der Waals surface area contributed by atoms with E-state index in [-0.39, 0.29) is 65.3 Å². The summed E-state index contributed by atoms with van der Waals surface area (Å²) in [6.07, 6.45) is -15.7. The molecule has 10 aliphatic rings. The Morgan fingerprint density at radius 2 is 0.898 bits per heavy atom. The number of carbonyl (C=O) groups excluding carboxylic acids is 8. The molecule has 4 saturated carbocycles. The molecule has 2 amide bonds. The normalized spacial score (nSPS) is 33.5. The molecule has 34 heteroatoms. The molecule has 2 aromatic carbocycles. The number of aliphatic hydroxyl groups is 4. The molecule has 4 saturated heterocycles. The van der Waals surface area contributed by atoms with Crippen LogP contribution in [0.15, 0.2) is 129 Å². The van der Waals surface area contributed by atoms with Crippen LogP contribution in [-0.2, 0) is 94.3 Å². The number of furan rings is 2. The molecule has 32 nitrogen and oxygen atoms in total. The smallest absolute Gasteiger partial charge is 0.408 e. The average Bonchev–Trinajstić information content (AvgIpc) is 1.65. The zero-order valence-electron chi connectivity index (χ0n) is 85.1. The van der Waals surface area contributed by atoms with E-state index in [0.29, 0.717) is 28.7 Å². The Morgan fingerprint density at radius 1 is 0.511 bits per heavy atom. The second-order valence-electron chi connectivity index (χ2n) is 44.7. The van der Waals surface area contributed by atoms with Gasteiger partial charge in [-0.15, -0.1) is 0 Å². The van der Waals surface area contributed by atoms with Crippen LogP contribution in [0, 0.1) is 33.5 Å². The van der Waals surface area contributed by atoms with Crippen LogP contribution in [-0.4, -0.2) is 229 Å². The molecule has 137 heavy (non-hydrogen) atoms. The van der Waals surface area contributed by atoms with Gasteiger partial charge in [-0.3, -0.25) is 9.59 Å². The van der Waals surface area contributed by atoms with Gasteiger partial charge < -0.3 is 115 Å². The van der Waals surface area contributed by atoms with Gasteiger partial charge in [0.1, 0.15) is 94.8 Å². The van der Waals surface area contributed by atoms with Crippen molar-refractivity contribution in [1.82, 2.24) is 10.6 Å². The van der Waals surface area contributed by atoms with Gasteiger partial charge in [-0.25, -0.2) is 28.8 Å². The third kappa shape index (κ3) is 18.9. The van der Waals surface area contributed by atoms with Gasteiger partial charge in [-0.1, -0.05) is 140 Å². The number of alkyl carbamates (subject to hydrolysis) is 2. The molecular formula is C103H148N2O30Si2. The summed E-state index contributed by atoms with van der Waals surface area (Å²) in [4.78, 5) is 113. The van der Waals surface area contributed by atoms with Crippen molar-refractivity contribution in [3.63, 3.8) is 0 Å². The maximum atomic E-state index is 15.9. The molecule has 0 radical (unpaired) electrons. The van der Waals surface area contributed by atoms with Gasteiger partial charge >= 0.3 is 48.0 Å². The van der Waals surface area contributed by atoms with Gasteiger partial charge in [0.15, 0.2) is 43.3 Å². The lowest BCUT2D eigenvalue weighted by Gasteiger charge is -2.69. The summed E-state index contributed by atoms with van der Waals surface area (Å²) >= 11 is 0. The summed E-state index contributed by atoms with van der Waals surface area (Å²) < 4.78 is 118. The van der Waals surface area contributed by atoms with E-state index in [0.717, 1.165) is 18.1 Å². The van der Waals surface area contributed by atoms with Crippen molar-refractivity contribution in [3.05, 3.63) is 142 Å². The number of hydrogen-bond acceptors (Lipinski definition) is 30. The summed E-state index contributed by atoms with van der Waals surface area (Å²) in [7, 11) is -5.52. The molecule has 4 bridgehead atoms. The fourth-order valence-corrected chi connectivity index (χ4v) is 33.5. The van der Waals surface area contributed by atoms with Crippen LogP contribution in [0.5, 0.6) is 0 Å². The molecule has 758 valence electrons. The summed E-state index contributed by atoms with van der Waals surface area (Å²) in [5.74, 6) is -9.28. The van der Waals surface area contributed by atoms with Crippen LogP contribution in [0.4, 0.5) is 9.59 Å². The first-order valence-corrected chi connectivity index (χ1v) is 53.2. The maximum absolute atomic E-state index is 15.9. The van der Waals surface area contributed by atoms with Crippen molar-refractivity contribution in [2.24, 2.45) is 33.5 Å². The topological polar surface area (TPSA) is 416 Å². The SMILES string of the molecule is CC(=O)O[C@@]12CO[C@@H]1C[C@H](O)[C@@]1(C)[C@@H]3OC(C)(C)O[C@@H]3C3=C(C)[C@@H](OC(=O)[C@H](O)[C@@H](NC(=O)OC(C)(C)C)c4ccco4)C[C@@](O)([C@@H](OC(=O)c4ccccc4)[C@H]21)C3(C)C.CC[Si](CC)(CC)O[C@H]1C[C@H]2OC[C@@]2(OC(C)=O)[C@H]2[C@H](OC(=O)c3ccccc3)[C@]3(O)C[C@H](OC(=O)[C@H](O[Si](C(C)C)(C(C)C)C(C)C)[C@@H](NC(=O)OC(C)(C)C)c4ccco4)C(C)=C([C@H]4OC(C)(C)O[C@H]4[C@]12C)C3(C)C. The van der Waals surface area contributed by atoms with Gasteiger partial charge in [-0.2, -0.15) is 0 Å². The van der Waals surface area contributed by atoms with Crippen LogP contribution in [0.25, 0.3) is 0 Å². The number of aliphatic hydroxyl groups excluding tert-OH is 2. The van der Waals surface area contributed by atoms with Crippen molar-refractivity contribution in [2.45, 2.75) is 404 Å². The molecule has 0 unspecified atom stereocenters. The summed E-state index contributed by atoms with van der Waals surface area (Å²) in [6.45, 7) is 53.6. The first-order chi connectivity index (χ1) is 63.6. The predicted molar refractivity (Wildman–Crippen MR) is 503 cm³/mol. The monoisotopic (exact) mass is 1950 g/mol. The Labute approximate surface area is 806 Å². The van der Waals surface area contributed by atoms with Crippen molar-refractivity contribution in [3.8, 4) is 0 Å². The van der Waals surface area contributed by atoms with Crippen molar-refractivity contribution in [1.29, 1.82) is 0 Å². The number of esters is 6. The highest BCUT2D eigenvalue weighted by Crippen LogP contribution is 2.71. The third-order valence-electron chi connectivity index (χ3n) is 31.8. The second-order valence-corrected chi connectivity index (χ2v) is 54.8. The number of nitrogens with one attached hydrogen (secondary N) is 2. The molecule has 6 aliphatic carbocycles. The van der Waals surface area contributed by atoms with E-state index >= 15 is 9.59 Å². The lowest BCUT2D eigenvalue weighted by molar-refractivity contribution is -0.362. The van der Waals surface area contributed by atoms with Gasteiger partial charge in [0.05, 0.1) is 73.1 Å². The quantitative estimate of drug-likeness (QED) is 0.0147. The highest BCUT2D eigenvalue weighted by atomic mass is 28.4. The fourth-order valence-electron chi connectivity index (χ4n) is 25.1. The van der Waals surface area contributed by atoms with Crippen LogP contribution in [0.1, 0.15) is 271 Å². The number of carbonyl (C=O) groups is 8. The number of hydrogen-bond donors (Lipinski definition) is 6. The van der Waals surface area contributed by atoms with E-state index in [1.165, 1.54) is 38.5 Å². The number of amides is 2. The van der Waals surface area contributed by atoms with Crippen LogP contribution < -0.4 is 10.6 Å². The minimum Gasteiger partial charge on any atom is -0.467 e. The van der Waals surface area contributed by atoms with E-state index in [1.54, 1.807) is 156 Å². The second kappa shape index (κ2) is 38.2. The van der Waals surface area contributed by atoms with Crippen molar-refractivity contribution >= 4 is 64.6 Å². The van der Waals surface area contributed by atoms with Crippen LogP contribution in [0.2, 0.25) is 34.8 Å². The lowest BCUT2D eigenvalue weighted by Crippen LogP contribution is -2.82. The van der Waals surface area contributed by atoms with Crippen molar-refractivity contribution < 1.29 is 143 Å². The molecule has 24 atom stereocenters. The highest BCUT2D eigenvalue weighted by Gasteiger charge is 2.83. The third-order valence-corrected chi connectivity index (χ3v) is 42.5. The minimum absolute atomic E-state index is 0.00984. The number of rotatable bonds is 26. The molecule has 4 aromatic rings. The zero-order chi connectivity index (χ0) is 101. The molecule has 0 spiro atoms. The molecule has 4 aliphatic heterocycles. The first kappa shape index (κ1) is 106. The molecule has 6 N–H and O–H groups in total. The molecule has 14 rings (SSSR count). The Kier molecular flexibility index (Phi) is 29.6. The van der Waals surface area contributed by atoms with E-state index in [2.05, 4.69) is 79.9 Å². The zero-order valence-corrected chi connectivity index (χ0v) is 87.1. The Bertz CT molecular complexity index is 5100. The van der Waals surface area contributed by atoms with E-state index in [1.807, 2.05) is 34.6 Å². The summed E-state index contributed by atoms with van der Waals surface area (Å²) in [5, 5.41) is 57.8. The highest BCUT2D eigenvalue weighted by molar-refractivity contribution is 6.77. The fraction of sp³-hybridized carbons (Fsp3) is 0.689. The Morgan fingerprint density at radius 3 is 1.27 bits per heavy atom. The van der Waals surface area contributed by atoms with Gasteiger partial charge in [0.2, 0.25) is 8.32 Å². The average molecular weight is 1950 g/mol. The van der Waals surface area contributed by atoms with Gasteiger partial charge in [-0.05, 0) is 189 Å². The summed E-state index contributed by atoms with van der Waals surface area (Å²) in [5.41, 5.74) is -12.0. The van der Waals surface area contributed by atoms with Crippen LogP contribution in [0.3, 0.4) is 0 Å². The van der Waals surface area contributed by atoms with Gasteiger partial charge in [0.25, 0.3) is 0 Å². The van der Waals surface area contributed by atoms with E-state index in [9.17, 15) is 49.2 Å². The lowest BCUT2D eigenvalue weighted by atomic mass is 9.44. The molecule has 2 aromatic heterocycles. The summed E-state index contributed by atoms with van der Waals surface area (Å²) in [6, 6.07) is 22.8. The maximum Gasteiger partial charge on any atom is 0.408 e. The molecule has 8 fully saturated rings. The molecular weight excluding hydrogens is 1800 g/mol. The Hall–Kier alpha value is -8.21. The first-order valence-electron chi connectivity index (χ1n) is 48.5. The van der Waals surface area contributed by atoms with Crippen LogP contribution >= 0.6 is 0 Å². The largest absolute Gasteiger partial charge is 0.467 e. The predicted octanol–water partition coefficient (Wildman–Crippen LogP) is 16.1. The number of benzene rings is 2. The van der Waals surface area contributed by atoms with E-state index < -0.39 is 247 Å².